The third-order valence-electron chi connectivity index (χ3n) is 3.98. The van der Waals surface area contributed by atoms with Crippen LogP contribution in [0.3, 0.4) is 0 Å². The highest BCUT2D eigenvalue weighted by Crippen LogP contribution is 2.15. The number of rotatable bonds is 9. The van der Waals surface area contributed by atoms with Gasteiger partial charge in [-0.05, 0) is 36.7 Å². The Balaban J connectivity index is 2.56. The van der Waals surface area contributed by atoms with Gasteiger partial charge in [-0.1, -0.05) is 52.7 Å². The van der Waals surface area contributed by atoms with Gasteiger partial charge in [0.05, 0.1) is 0 Å². The van der Waals surface area contributed by atoms with Crippen molar-refractivity contribution in [2.45, 2.75) is 47.1 Å². The van der Waals surface area contributed by atoms with E-state index in [-0.39, 0.29) is 0 Å². The highest BCUT2D eigenvalue weighted by Gasteiger charge is 2.04. The van der Waals surface area contributed by atoms with Crippen LogP contribution in [-0.2, 0) is 6.54 Å². The smallest absolute Gasteiger partial charge is 0.0343 e. The van der Waals surface area contributed by atoms with Gasteiger partial charge in [-0.25, -0.2) is 0 Å². The monoisotopic (exact) mass is 262 g/mol. The first-order valence-electron chi connectivity index (χ1n) is 7.78. The summed E-state index contributed by atoms with van der Waals surface area (Å²) in [5.41, 5.74) is 2.66. The second kappa shape index (κ2) is 8.98. The molecule has 2 nitrogen and oxygen atoms in total. The lowest BCUT2D eigenvalue weighted by molar-refractivity contribution is 0.296. The maximum absolute atomic E-state index is 3.58. The highest BCUT2D eigenvalue weighted by atomic mass is 15.1. The summed E-state index contributed by atoms with van der Waals surface area (Å²) < 4.78 is 0. The van der Waals surface area contributed by atoms with Gasteiger partial charge in [0.1, 0.15) is 0 Å². The summed E-state index contributed by atoms with van der Waals surface area (Å²) in [5.74, 6) is 0.784. The van der Waals surface area contributed by atoms with Gasteiger partial charge in [0.25, 0.3) is 0 Å². The van der Waals surface area contributed by atoms with Crippen LogP contribution >= 0.6 is 0 Å². The van der Waals surface area contributed by atoms with E-state index in [1.54, 1.807) is 0 Å². The lowest BCUT2D eigenvalue weighted by Gasteiger charge is -2.19. The lowest BCUT2D eigenvalue weighted by atomic mass is 10.0. The first-order chi connectivity index (χ1) is 9.23. The molecule has 0 saturated carbocycles. The Morgan fingerprint density at radius 1 is 1.05 bits per heavy atom. The quantitative estimate of drug-likeness (QED) is 0.710. The molecular weight excluding hydrogens is 232 g/mol. The number of hydrogen-bond acceptors (Lipinski definition) is 2. The van der Waals surface area contributed by atoms with Gasteiger partial charge in [-0.2, -0.15) is 0 Å². The van der Waals surface area contributed by atoms with Crippen molar-refractivity contribution >= 4 is 5.69 Å². The van der Waals surface area contributed by atoms with Gasteiger partial charge in [-0.3, -0.25) is 4.90 Å². The van der Waals surface area contributed by atoms with Crippen LogP contribution in [0, 0.1) is 5.92 Å². The van der Waals surface area contributed by atoms with Crippen LogP contribution in [0.4, 0.5) is 5.69 Å². The molecule has 1 aromatic rings. The van der Waals surface area contributed by atoms with Gasteiger partial charge in [-0.15, -0.1) is 0 Å². The van der Waals surface area contributed by atoms with E-state index in [2.05, 4.69) is 62.2 Å². The van der Waals surface area contributed by atoms with Crippen molar-refractivity contribution in [3.05, 3.63) is 29.8 Å². The maximum atomic E-state index is 3.58. The SMILES string of the molecule is CCC(CC)CNc1cccc(CN(CC)CC)c1. The molecule has 0 aliphatic carbocycles. The Morgan fingerprint density at radius 3 is 2.32 bits per heavy atom. The Hall–Kier alpha value is -1.02. The van der Waals surface area contributed by atoms with E-state index < -0.39 is 0 Å². The molecule has 0 heterocycles. The van der Waals surface area contributed by atoms with E-state index >= 15 is 0 Å². The van der Waals surface area contributed by atoms with Gasteiger partial charge < -0.3 is 5.32 Å². The van der Waals surface area contributed by atoms with Gasteiger partial charge in [0.15, 0.2) is 0 Å². The summed E-state index contributed by atoms with van der Waals surface area (Å²) in [5, 5.41) is 3.58. The molecule has 0 saturated heterocycles. The average Bonchev–Trinajstić information content (AvgIpc) is 2.46. The fourth-order valence-corrected chi connectivity index (χ4v) is 2.32. The van der Waals surface area contributed by atoms with Crippen LogP contribution in [0.5, 0.6) is 0 Å². The summed E-state index contributed by atoms with van der Waals surface area (Å²) in [7, 11) is 0. The summed E-state index contributed by atoms with van der Waals surface area (Å²) in [6, 6.07) is 8.85. The Labute approximate surface area is 119 Å². The zero-order valence-electron chi connectivity index (χ0n) is 13.1. The van der Waals surface area contributed by atoms with E-state index in [1.807, 2.05) is 0 Å². The molecule has 1 rings (SSSR count). The molecule has 1 N–H and O–H groups in total. The molecule has 0 aliphatic rings. The molecule has 1 aromatic carbocycles. The molecule has 0 aliphatic heterocycles. The Morgan fingerprint density at radius 2 is 1.74 bits per heavy atom. The van der Waals surface area contributed by atoms with E-state index in [1.165, 1.54) is 24.1 Å². The van der Waals surface area contributed by atoms with Crippen LogP contribution in [0.15, 0.2) is 24.3 Å². The van der Waals surface area contributed by atoms with Gasteiger partial charge >= 0.3 is 0 Å². The summed E-state index contributed by atoms with van der Waals surface area (Å²) >= 11 is 0. The normalized spacial score (nSPS) is 11.3. The zero-order chi connectivity index (χ0) is 14.1. The molecule has 0 fully saturated rings. The maximum Gasteiger partial charge on any atom is 0.0343 e. The number of anilines is 1. The van der Waals surface area contributed by atoms with Crippen molar-refractivity contribution in [2.75, 3.05) is 25.0 Å². The molecule has 0 unspecified atom stereocenters. The molecule has 0 bridgehead atoms. The summed E-state index contributed by atoms with van der Waals surface area (Å²) in [6.07, 6.45) is 2.51. The Kier molecular flexibility index (Phi) is 7.57. The average molecular weight is 262 g/mol. The Bertz CT molecular complexity index is 341. The predicted octanol–water partition coefficient (Wildman–Crippen LogP) is 4.38. The van der Waals surface area contributed by atoms with Gasteiger partial charge in [0.2, 0.25) is 0 Å². The largest absolute Gasteiger partial charge is 0.385 e. The van der Waals surface area contributed by atoms with Crippen LogP contribution in [0.25, 0.3) is 0 Å². The fraction of sp³-hybridized carbons (Fsp3) is 0.647. The van der Waals surface area contributed by atoms with E-state index in [0.717, 1.165) is 32.1 Å². The zero-order valence-corrected chi connectivity index (χ0v) is 13.1. The van der Waals surface area contributed by atoms with Crippen molar-refractivity contribution in [3.63, 3.8) is 0 Å². The van der Waals surface area contributed by atoms with Crippen LogP contribution < -0.4 is 5.32 Å². The highest BCUT2D eigenvalue weighted by molar-refractivity contribution is 5.45. The molecule has 0 spiro atoms. The van der Waals surface area contributed by atoms with E-state index in [0.29, 0.717) is 0 Å². The number of nitrogens with one attached hydrogen (secondary N) is 1. The lowest BCUT2D eigenvalue weighted by Crippen LogP contribution is -2.22. The number of benzene rings is 1. The van der Waals surface area contributed by atoms with Crippen molar-refractivity contribution in [3.8, 4) is 0 Å². The molecule has 2 heteroatoms. The molecule has 108 valence electrons. The topological polar surface area (TPSA) is 15.3 Å². The fourth-order valence-electron chi connectivity index (χ4n) is 2.32. The summed E-state index contributed by atoms with van der Waals surface area (Å²) in [6.45, 7) is 13.3. The van der Waals surface area contributed by atoms with E-state index in [9.17, 15) is 0 Å². The van der Waals surface area contributed by atoms with E-state index in [4.69, 9.17) is 0 Å². The predicted molar refractivity (Wildman–Crippen MR) is 85.6 cm³/mol. The second-order valence-corrected chi connectivity index (χ2v) is 5.23. The standard InChI is InChI=1S/C17H30N2/c1-5-15(6-2)13-18-17-11-9-10-16(12-17)14-19(7-3)8-4/h9-12,15,18H,5-8,13-14H2,1-4H3. The van der Waals surface area contributed by atoms with Crippen molar-refractivity contribution < 1.29 is 0 Å². The number of hydrogen-bond donors (Lipinski definition) is 1. The van der Waals surface area contributed by atoms with Crippen molar-refractivity contribution in [1.82, 2.24) is 4.90 Å². The van der Waals surface area contributed by atoms with Crippen molar-refractivity contribution in [2.24, 2.45) is 5.92 Å². The molecule has 0 aromatic heterocycles. The third-order valence-corrected chi connectivity index (χ3v) is 3.98. The minimum atomic E-state index is 0.784. The van der Waals surface area contributed by atoms with Crippen LogP contribution in [-0.4, -0.2) is 24.5 Å². The van der Waals surface area contributed by atoms with Crippen molar-refractivity contribution in [1.29, 1.82) is 0 Å². The summed E-state index contributed by atoms with van der Waals surface area (Å²) in [4.78, 5) is 2.44. The second-order valence-electron chi connectivity index (χ2n) is 5.23. The molecular formula is C17H30N2. The first-order valence-corrected chi connectivity index (χ1v) is 7.78. The third kappa shape index (κ3) is 5.65. The van der Waals surface area contributed by atoms with Crippen LogP contribution in [0.1, 0.15) is 46.1 Å². The molecule has 0 amide bonds. The minimum absolute atomic E-state index is 0.784. The molecule has 19 heavy (non-hydrogen) atoms. The first kappa shape index (κ1) is 16.0. The molecule has 0 radical (unpaired) electrons. The van der Waals surface area contributed by atoms with Gasteiger partial charge in [0, 0.05) is 18.8 Å². The van der Waals surface area contributed by atoms with Crippen LogP contribution in [0.2, 0.25) is 0 Å². The molecule has 0 atom stereocenters. The minimum Gasteiger partial charge on any atom is -0.385 e. The number of nitrogens with zero attached hydrogens (tertiary/aromatic N) is 1.